The van der Waals surface area contributed by atoms with Crippen LogP contribution in [0, 0.1) is 5.92 Å². The van der Waals surface area contributed by atoms with Crippen LogP contribution >= 0.6 is 12.4 Å². The van der Waals surface area contributed by atoms with Crippen LogP contribution in [0.1, 0.15) is 45.4 Å². The molecule has 2 N–H and O–H groups in total. The van der Waals surface area contributed by atoms with Gasteiger partial charge in [0.1, 0.15) is 0 Å². The van der Waals surface area contributed by atoms with E-state index >= 15 is 0 Å². The highest BCUT2D eigenvalue weighted by Crippen LogP contribution is 2.26. The molecule has 0 spiro atoms. The minimum absolute atomic E-state index is 0. The molecular formula is C9H20ClN. The van der Waals surface area contributed by atoms with E-state index in [0.29, 0.717) is 6.04 Å². The summed E-state index contributed by atoms with van der Waals surface area (Å²) in [5.74, 6) is 0.953. The van der Waals surface area contributed by atoms with Crippen molar-refractivity contribution < 1.29 is 0 Å². The molecule has 2 heteroatoms. The van der Waals surface area contributed by atoms with Crippen molar-refractivity contribution in [1.82, 2.24) is 0 Å². The van der Waals surface area contributed by atoms with Gasteiger partial charge in [0.05, 0.1) is 0 Å². The van der Waals surface area contributed by atoms with Crippen LogP contribution in [0.5, 0.6) is 0 Å². The third-order valence-corrected chi connectivity index (χ3v) is 2.43. The lowest BCUT2D eigenvalue weighted by Gasteiger charge is -2.22. The summed E-state index contributed by atoms with van der Waals surface area (Å²) in [6, 6.07) is 0.420. The van der Waals surface area contributed by atoms with Crippen LogP contribution in [-0.4, -0.2) is 6.04 Å². The fourth-order valence-corrected chi connectivity index (χ4v) is 1.95. The summed E-state index contributed by atoms with van der Waals surface area (Å²) in [4.78, 5) is 0. The molecule has 1 aliphatic carbocycles. The van der Waals surface area contributed by atoms with Crippen molar-refractivity contribution in [3.63, 3.8) is 0 Å². The molecule has 0 heterocycles. The Balaban J connectivity index is 0.000001000. The van der Waals surface area contributed by atoms with Crippen molar-refractivity contribution in [3.05, 3.63) is 0 Å². The molecule has 1 nitrogen and oxygen atoms in total. The second-order valence-electron chi connectivity index (χ2n) is 3.72. The van der Waals surface area contributed by atoms with Gasteiger partial charge in [-0.25, -0.2) is 0 Å². The predicted molar refractivity (Wildman–Crippen MR) is 52.1 cm³/mol. The number of halogens is 1. The lowest BCUT2D eigenvalue weighted by molar-refractivity contribution is 0.323. The Hall–Kier alpha value is 0.250. The fraction of sp³-hybridized carbons (Fsp3) is 1.00. The lowest BCUT2D eigenvalue weighted by Crippen LogP contribution is -2.20. The third kappa shape index (κ3) is 4.65. The molecule has 1 fully saturated rings. The molecule has 0 amide bonds. The monoisotopic (exact) mass is 177 g/mol. The van der Waals surface area contributed by atoms with Crippen molar-refractivity contribution in [2.75, 3.05) is 0 Å². The Bertz CT molecular complexity index is 87.6. The zero-order chi connectivity index (χ0) is 7.40. The normalized spacial score (nSPS) is 22.4. The van der Waals surface area contributed by atoms with Gasteiger partial charge in [-0.2, -0.15) is 0 Å². The zero-order valence-electron chi connectivity index (χ0n) is 7.38. The average Bonchev–Trinajstić information content (AvgIpc) is 1.88. The third-order valence-electron chi connectivity index (χ3n) is 2.43. The van der Waals surface area contributed by atoms with E-state index in [1.165, 1.54) is 38.5 Å². The minimum Gasteiger partial charge on any atom is -0.328 e. The Kier molecular flexibility index (Phi) is 5.98. The first-order valence-electron chi connectivity index (χ1n) is 4.54. The van der Waals surface area contributed by atoms with Crippen molar-refractivity contribution in [1.29, 1.82) is 0 Å². The van der Waals surface area contributed by atoms with E-state index in [0.717, 1.165) is 5.92 Å². The highest BCUT2D eigenvalue weighted by Gasteiger charge is 2.13. The lowest BCUT2D eigenvalue weighted by atomic mass is 9.85. The Morgan fingerprint density at radius 3 is 2.27 bits per heavy atom. The van der Waals surface area contributed by atoms with Crippen LogP contribution in [0.25, 0.3) is 0 Å². The quantitative estimate of drug-likeness (QED) is 0.690. The van der Waals surface area contributed by atoms with Crippen LogP contribution in [0.15, 0.2) is 0 Å². The highest BCUT2D eigenvalue weighted by molar-refractivity contribution is 5.85. The molecule has 1 atom stereocenters. The highest BCUT2D eigenvalue weighted by atomic mass is 35.5. The molecule has 0 aromatic heterocycles. The van der Waals surface area contributed by atoms with Crippen molar-refractivity contribution in [2.45, 2.75) is 51.5 Å². The molecule has 0 bridgehead atoms. The van der Waals surface area contributed by atoms with Crippen molar-refractivity contribution in [3.8, 4) is 0 Å². The number of rotatable bonds is 2. The molecule has 0 aromatic rings. The van der Waals surface area contributed by atoms with Gasteiger partial charge in [-0.3, -0.25) is 0 Å². The summed E-state index contributed by atoms with van der Waals surface area (Å²) in [5.41, 5.74) is 5.72. The van der Waals surface area contributed by atoms with E-state index in [4.69, 9.17) is 5.73 Å². The molecule has 1 saturated carbocycles. The molecule has 68 valence electrons. The van der Waals surface area contributed by atoms with Crippen molar-refractivity contribution >= 4 is 12.4 Å². The topological polar surface area (TPSA) is 26.0 Å². The van der Waals surface area contributed by atoms with Crippen LogP contribution < -0.4 is 5.73 Å². The Labute approximate surface area is 76.1 Å². The minimum atomic E-state index is 0. The SMILES string of the molecule is CC(N)CC1CCCCC1.Cl. The summed E-state index contributed by atoms with van der Waals surface area (Å²) in [5, 5.41) is 0. The maximum Gasteiger partial charge on any atom is 0.00131 e. The van der Waals surface area contributed by atoms with E-state index in [-0.39, 0.29) is 12.4 Å². The van der Waals surface area contributed by atoms with E-state index in [9.17, 15) is 0 Å². The van der Waals surface area contributed by atoms with Gasteiger partial charge in [0.2, 0.25) is 0 Å². The number of nitrogens with two attached hydrogens (primary N) is 1. The summed E-state index contributed by atoms with van der Waals surface area (Å²) >= 11 is 0. The molecule has 0 saturated heterocycles. The van der Waals surface area contributed by atoms with Gasteiger partial charge in [-0.15, -0.1) is 12.4 Å². The average molecular weight is 178 g/mol. The second kappa shape index (κ2) is 5.84. The summed E-state index contributed by atoms with van der Waals surface area (Å²) in [7, 11) is 0. The summed E-state index contributed by atoms with van der Waals surface area (Å²) < 4.78 is 0. The molecule has 0 radical (unpaired) electrons. The smallest absolute Gasteiger partial charge is 0.00131 e. The maximum atomic E-state index is 5.72. The van der Waals surface area contributed by atoms with Crippen LogP contribution in [0.4, 0.5) is 0 Å². The maximum absolute atomic E-state index is 5.72. The molecule has 1 rings (SSSR count). The molecule has 11 heavy (non-hydrogen) atoms. The summed E-state index contributed by atoms with van der Waals surface area (Å²) in [6.07, 6.45) is 8.45. The van der Waals surface area contributed by atoms with E-state index in [2.05, 4.69) is 6.92 Å². The van der Waals surface area contributed by atoms with Gasteiger partial charge in [0, 0.05) is 6.04 Å². The Morgan fingerprint density at radius 2 is 1.82 bits per heavy atom. The van der Waals surface area contributed by atoms with Crippen molar-refractivity contribution in [2.24, 2.45) is 11.7 Å². The van der Waals surface area contributed by atoms with E-state index in [1.807, 2.05) is 0 Å². The first-order valence-corrected chi connectivity index (χ1v) is 4.54. The van der Waals surface area contributed by atoms with Gasteiger partial charge >= 0.3 is 0 Å². The fourth-order valence-electron chi connectivity index (χ4n) is 1.95. The summed E-state index contributed by atoms with van der Waals surface area (Å²) in [6.45, 7) is 2.12. The predicted octanol–water partition coefficient (Wildman–Crippen LogP) is 2.73. The van der Waals surface area contributed by atoms with Gasteiger partial charge in [-0.05, 0) is 19.3 Å². The molecule has 0 aromatic carbocycles. The largest absolute Gasteiger partial charge is 0.328 e. The standard InChI is InChI=1S/C9H19N.ClH/c1-8(10)7-9-5-3-2-4-6-9;/h8-9H,2-7,10H2,1H3;1H. The zero-order valence-corrected chi connectivity index (χ0v) is 8.20. The van der Waals surface area contributed by atoms with Gasteiger partial charge in [-0.1, -0.05) is 32.1 Å². The van der Waals surface area contributed by atoms with E-state index in [1.54, 1.807) is 0 Å². The number of hydrogen-bond acceptors (Lipinski definition) is 1. The molecule has 0 aliphatic heterocycles. The van der Waals surface area contributed by atoms with Gasteiger partial charge in [0.25, 0.3) is 0 Å². The first kappa shape index (κ1) is 11.2. The Morgan fingerprint density at radius 1 is 1.27 bits per heavy atom. The second-order valence-corrected chi connectivity index (χ2v) is 3.72. The number of hydrogen-bond donors (Lipinski definition) is 1. The van der Waals surface area contributed by atoms with Gasteiger partial charge < -0.3 is 5.73 Å². The van der Waals surface area contributed by atoms with Gasteiger partial charge in [0.15, 0.2) is 0 Å². The van der Waals surface area contributed by atoms with Crippen LogP contribution in [0.3, 0.4) is 0 Å². The van der Waals surface area contributed by atoms with Crippen LogP contribution in [0.2, 0.25) is 0 Å². The van der Waals surface area contributed by atoms with E-state index < -0.39 is 0 Å². The molecular weight excluding hydrogens is 158 g/mol. The first-order chi connectivity index (χ1) is 4.79. The molecule has 1 unspecified atom stereocenters. The van der Waals surface area contributed by atoms with Crippen LogP contribution in [-0.2, 0) is 0 Å². The molecule has 1 aliphatic rings.